The minimum atomic E-state index is -0.947. The fourth-order valence-electron chi connectivity index (χ4n) is 4.89. The molecule has 0 bridgehead atoms. The third kappa shape index (κ3) is 5.02. The van der Waals surface area contributed by atoms with Gasteiger partial charge in [0.15, 0.2) is 0 Å². The third-order valence-electron chi connectivity index (χ3n) is 6.80. The predicted molar refractivity (Wildman–Crippen MR) is 124 cm³/mol. The van der Waals surface area contributed by atoms with E-state index in [9.17, 15) is 14.4 Å². The molecule has 1 saturated carbocycles. The van der Waals surface area contributed by atoms with Crippen LogP contribution < -0.4 is 10.6 Å². The first-order valence-corrected chi connectivity index (χ1v) is 11.5. The molecule has 0 radical (unpaired) electrons. The molecule has 2 aromatic carbocycles. The molecule has 174 valence electrons. The van der Waals surface area contributed by atoms with Crippen LogP contribution in [-0.4, -0.2) is 41.3 Å². The first-order chi connectivity index (χ1) is 15.9. The number of carbonyl (C=O) groups is 3. The lowest BCUT2D eigenvalue weighted by Gasteiger charge is -2.41. The van der Waals surface area contributed by atoms with Crippen molar-refractivity contribution < 1.29 is 24.2 Å². The maximum atomic E-state index is 12.7. The molecule has 2 amide bonds. The van der Waals surface area contributed by atoms with E-state index in [1.54, 1.807) is 0 Å². The van der Waals surface area contributed by atoms with E-state index in [1.165, 1.54) is 11.1 Å². The number of amides is 2. The Balaban J connectivity index is 1.35. The molecule has 7 heteroatoms. The maximum absolute atomic E-state index is 12.7. The Bertz CT molecular complexity index is 1000. The van der Waals surface area contributed by atoms with Gasteiger partial charge in [-0.2, -0.15) is 0 Å². The first kappa shape index (κ1) is 22.8. The van der Waals surface area contributed by atoms with Crippen LogP contribution in [0.15, 0.2) is 48.5 Å². The highest BCUT2D eigenvalue weighted by atomic mass is 16.5. The number of carboxylic acids is 1. The van der Waals surface area contributed by atoms with Crippen molar-refractivity contribution in [1.29, 1.82) is 0 Å². The van der Waals surface area contributed by atoms with Gasteiger partial charge in [0, 0.05) is 18.4 Å². The number of nitrogens with one attached hydrogen (secondary N) is 2. The van der Waals surface area contributed by atoms with Crippen molar-refractivity contribution in [2.45, 2.75) is 62.9 Å². The minimum Gasteiger partial charge on any atom is -0.481 e. The third-order valence-corrected chi connectivity index (χ3v) is 6.80. The van der Waals surface area contributed by atoms with Crippen molar-refractivity contribution in [3.05, 3.63) is 59.7 Å². The zero-order valence-electron chi connectivity index (χ0n) is 18.8. The van der Waals surface area contributed by atoms with Gasteiger partial charge in [-0.15, -0.1) is 0 Å². The lowest BCUT2D eigenvalue weighted by Crippen LogP contribution is -2.56. The maximum Gasteiger partial charge on any atom is 0.407 e. The Morgan fingerprint density at radius 2 is 1.67 bits per heavy atom. The number of fused-ring (bicyclic) bond motifs is 3. The zero-order chi connectivity index (χ0) is 23.4. The molecule has 0 saturated heterocycles. The summed E-state index contributed by atoms with van der Waals surface area (Å²) >= 11 is 0. The van der Waals surface area contributed by atoms with E-state index >= 15 is 0 Å². The molecule has 0 aromatic heterocycles. The van der Waals surface area contributed by atoms with Gasteiger partial charge in [0.1, 0.15) is 6.61 Å². The van der Waals surface area contributed by atoms with Gasteiger partial charge in [0.05, 0.1) is 12.0 Å². The minimum absolute atomic E-state index is 0.0230. The standard InChI is InChI=1S/C26H30N2O5/c1-2-17(14-24(30)31)27-23(29)15-26(12-7-13-26)28-25(32)33-16-22-20-10-5-3-8-18(20)19-9-4-6-11-21(19)22/h3-6,8-11,17,22H,2,7,12-16H2,1H3,(H,27,29)(H,28,32)(H,30,31)/t17-/m0/s1. The summed E-state index contributed by atoms with van der Waals surface area (Å²) in [5.74, 6) is -1.22. The summed E-state index contributed by atoms with van der Waals surface area (Å²) in [6.45, 7) is 2.06. The highest BCUT2D eigenvalue weighted by Crippen LogP contribution is 2.44. The molecule has 1 atom stereocenters. The van der Waals surface area contributed by atoms with Gasteiger partial charge in [-0.3, -0.25) is 9.59 Å². The average Bonchev–Trinajstić information content (AvgIpc) is 3.09. The number of aliphatic carboxylic acids is 1. The summed E-state index contributed by atoms with van der Waals surface area (Å²) in [6, 6.07) is 15.9. The van der Waals surface area contributed by atoms with Crippen LogP contribution in [0.1, 0.15) is 62.5 Å². The Morgan fingerprint density at radius 3 is 2.18 bits per heavy atom. The van der Waals surface area contributed by atoms with Crippen molar-refractivity contribution >= 4 is 18.0 Å². The van der Waals surface area contributed by atoms with Crippen LogP contribution in [0.25, 0.3) is 11.1 Å². The van der Waals surface area contributed by atoms with Gasteiger partial charge in [-0.25, -0.2) is 4.79 Å². The van der Waals surface area contributed by atoms with Gasteiger partial charge < -0.3 is 20.5 Å². The second kappa shape index (κ2) is 9.65. The summed E-state index contributed by atoms with van der Waals surface area (Å²) in [6.07, 6.45) is 2.32. The van der Waals surface area contributed by atoms with Gasteiger partial charge >= 0.3 is 12.1 Å². The number of hydrogen-bond donors (Lipinski definition) is 3. The van der Waals surface area contributed by atoms with E-state index in [-0.39, 0.29) is 31.3 Å². The molecule has 0 unspecified atom stereocenters. The predicted octanol–water partition coefficient (Wildman–Crippen LogP) is 4.21. The number of rotatable bonds is 9. The highest BCUT2D eigenvalue weighted by molar-refractivity contribution is 5.81. The normalized spacial score (nSPS) is 16.6. The second-order valence-electron chi connectivity index (χ2n) is 9.03. The molecule has 0 spiro atoms. The number of carboxylic acid groups (broad SMARTS) is 1. The fourth-order valence-corrected chi connectivity index (χ4v) is 4.89. The molecule has 33 heavy (non-hydrogen) atoms. The van der Waals surface area contributed by atoms with Crippen molar-refractivity contribution in [2.24, 2.45) is 0 Å². The Labute approximate surface area is 193 Å². The first-order valence-electron chi connectivity index (χ1n) is 11.5. The molecule has 1 fully saturated rings. The van der Waals surface area contributed by atoms with Crippen LogP contribution in [0.5, 0.6) is 0 Å². The molecule has 2 aliphatic rings. The van der Waals surface area contributed by atoms with E-state index in [4.69, 9.17) is 9.84 Å². The van der Waals surface area contributed by atoms with Gasteiger partial charge in [-0.05, 0) is 47.9 Å². The van der Waals surface area contributed by atoms with Gasteiger partial charge in [-0.1, -0.05) is 55.5 Å². The number of benzene rings is 2. The van der Waals surface area contributed by atoms with Crippen LogP contribution in [0.4, 0.5) is 4.79 Å². The summed E-state index contributed by atoms with van der Waals surface area (Å²) < 4.78 is 5.65. The van der Waals surface area contributed by atoms with E-state index < -0.39 is 23.6 Å². The summed E-state index contributed by atoms with van der Waals surface area (Å²) in [4.78, 5) is 36.2. The number of ether oxygens (including phenoxy) is 1. The van der Waals surface area contributed by atoms with Crippen molar-refractivity contribution in [2.75, 3.05) is 6.61 Å². The molecule has 0 heterocycles. The largest absolute Gasteiger partial charge is 0.481 e. The van der Waals surface area contributed by atoms with Crippen LogP contribution in [0, 0.1) is 0 Å². The van der Waals surface area contributed by atoms with Crippen LogP contribution in [0.3, 0.4) is 0 Å². The Morgan fingerprint density at radius 1 is 1.06 bits per heavy atom. The zero-order valence-corrected chi connectivity index (χ0v) is 18.8. The van der Waals surface area contributed by atoms with Crippen LogP contribution in [0.2, 0.25) is 0 Å². The lowest BCUT2D eigenvalue weighted by molar-refractivity contribution is -0.137. The summed E-state index contributed by atoms with van der Waals surface area (Å²) in [5, 5.41) is 14.7. The van der Waals surface area contributed by atoms with Crippen LogP contribution in [-0.2, 0) is 14.3 Å². The molecule has 3 N–H and O–H groups in total. The quantitative estimate of drug-likeness (QED) is 0.531. The number of carbonyl (C=O) groups excluding carboxylic acids is 2. The molecule has 0 aliphatic heterocycles. The lowest BCUT2D eigenvalue weighted by atomic mass is 9.74. The van der Waals surface area contributed by atoms with Gasteiger partial charge in [0.2, 0.25) is 5.91 Å². The van der Waals surface area contributed by atoms with E-state index in [0.717, 1.165) is 17.5 Å². The SMILES string of the molecule is CC[C@@H](CC(=O)O)NC(=O)CC1(NC(=O)OCC2c3ccccc3-c3ccccc32)CCC1. The van der Waals surface area contributed by atoms with E-state index in [1.807, 2.05) is 31.2 Å². The summed E-state index contributed by atoms with van der Waals surface area (Å²) in [5.41, 5.74) is 4.00. The topological polar surface area (TPSA) is 105 Å². The Kier molecular flexibility index (Phi) is 6.67. The molecular weight excluding hydrogens is 420 g/mol. The summed E-state index contributed by atoms with van der Waals surface area (Å²) in [7, 11) is 0. The van der Waals surface area contributed by atoms with E-state index in [0.29, 0.717) is 19.3 Å². The van der Waals surface area contributed by atoms with Crippen molar-refractivity contribution in [3.63, 3.8) is 0 Å². The number of hydrogen-bond acceptors (Lipinski definition) is 4. The molecule has 4 rings (SSSR count). The molecular formula is C26H30N2O5. The fraction of sp³-hybridized carbons (Fsp3) is 0.423. The van der Waals surface area contributed by atoms with E-state index in [2.05, 4.69) is 34.9 Å². The molecule has 2 aromatic rings. The monoisotopic (exact) mass is 450 g/mol. The number of alkyl carbamates (subject to hydrolysis) is 1. The Hall–Kier alpha value is -3.35. The van der Waals surface area contributed by atoms with Crippen molar-refractivity contribution in [3.8, 4) is 11.1 Å². The highest BCUT2D eigenvalue weighted by Gasteiger charge is 2.41. The van der Waals surface area contributed by atoms with Crippen molar-refractivity contribution in [1.82, 2.24) is 10.6 Å². The van der Waals surface area contributed by atoms with Gasteiger partial charge in [0.25, 0.3) is 0 Å². The second-order valence-corrected chi connectivity index (χ2v) is 9.03. The smallest absolute Gasteiger partial charge is 0.407 e. The average molecular weight is 451 g/mol. The van der Waals surface area contributed by atoms with Crippen LogP contribution >= 0.6 is 0 Å². The molecule has 7 nitrogen and oxygen atoms in total. The molecule has 2 aliphatic carbocycles.